The first-order chi connectivity index (χ1) is 11.6. The van der Waals surface area contributed by atoms with Crippen molar-refractivity contribution in [1.29, 1.82) is 0 Å². The highest BCUT2D eigenvalue weighted by atomic mass is 32.1. The zero-order chi connectivity index (χ0) is 16.7. The molecule has 1 aromatic heterocycles. The molecule has 0 aliphatic carbocycles. The molecule has 24 heavy (non-hydrogen) atoms. The van der Waals surface area contributed by atoms with E-state index in [1.807, 2.05) is 42.5 Å². The molecule has 0 aliphatic rings. The Labute approximate surface area is 144 Å². The van der Waals surface area contributed by atoms with Crippen LogP contribution in [0.2, 0.25) is 0 Å². The summed E-state index contributed by atoms with van der Waals surface area (Å²) < 4.78 is 1.09. The fraction of sp³-hybridized carbons (Fsp3) is 0.100. The fourth-order valence-electron chi connectivity index (χ4n) is 2.87. The largest absolute Gasteiger partial charge is 0.298 e. The average molecular weight is 332 g/mol. The van der Waals surface area contributed by atoms with Crippen LogP contribution in [0.25, 0.3) is 21.0 Å². The summed E-state index contributed by atoms with van der Waals surface area (Å²) in [6, 6.07) is 17.8. The van der Waals surface area contributed by atoms with Crippen molar-refractivity contribution in [2.45, 2.75) is 13.8 Å². The van der Waals surface area contributed by atoms with E-state index in [-0.39, 0.29) is 5.91 Å². The van der Waals surface area contributed by atoms with Gasteiger partial charge in [-0.2, -0.15) is 0 Å². The molecule has 3 aromatic carbocycles. The molecular formula is C20H16N2OS. The second-order valence-corrected chi connectivity index (χ2v) is 6.88. The van der Waals surface area contributed by atoms with Gasteiger partial charge in [-0.25, -0.2) is 4.98 Å². The van der Waals surface area contributed by atoms with E-state index in [1.165, 1.54) is 16.9 Å². The van der Waals surface area contributed by atoms with Gasteiger partial charge in [-0.1, -0.05) is 53.8 Å². The molecule has 1 heterocycles. The van der Waals surface area contributed by atoms with Gasteiger partial charge in [0.25, 0.3) is 5.91 Å². The van der Waals surface area contributed by atoms with E-state index in [0.29, 0.717) is 10.7 Å². The van der Waals surface area contributed by atoms with Crippen molar-refractivity contribution in [2.24, 2.45) is 0 Å². The number of fused-ring (bicyclic) bond motifs is 2. The topological polar surface area (TPSA) is 42.0 Å². The van der Waals surface area contributed by atoms with Crippen LogP contribution in [0, 0.1) is 13.8 Å². The van der Waals surface area contributed by atoms with Crippen LogP contribution < -0.4 is 5.32 Å². The van der Waals surface area contributed by atoms with E-state index >= 15 is 0 Å². The summed E-state index contributed by atoms with van der Waals surface area (Å²) in [4.78, 5) is 17.3. The highest BCUT2D eigenvalue weighted by Crippen LogP contribution is 2.30. The Morgan fingerprint density at radius 2 is 1.79 bits per heavy atom. The number of amides is 1. The molecule has 0 saturated heterocycles. The van der Waals surface area contributed by atoms with Crippen LogP contribution in [0.1, 0.15) is 21.5 Å². The second-order valence-electron chi connectivity index (χ2n) is 5.85. The maximum atomic E-state index is 12.7. The van der Waals surface area contributed by atoms with Crippen molar-refractivity contribution in [2.75, 3.05) is 5.32 Å². The van der Waals surface area contributed by atoms with Gasteiger partial charge < -0.3 is 0 Å². The third-order valence-electron chi connectivity index (χ3n) is 4.34. The molecular weight excluding hydrogens is 316 g/mol. The summed E-state index contributed by atoms with van der Waals surface area (Å²) in [7, 11) is 0. The van der Waals surface area contributed by atoms with Gasteiger partial charge in [0, 0.05) is 5.56 Å². The minimum absolute atomic E-state index is 0.125. The van der Waals surface area contributed by atoms with Crippen LogP contribution >= 0.6 is 11.3 Å². The highest BCUT2D eigenvalue weighted by Gasteiger charge is 2.13. The van der Waals surface area contributed by atoms with Crippen LogP contribution in [0.4, 0.5) is 5.13 Å². The Balaban J connectivity index is 1.72. The van der Waals surface area contributed by atoms with E-state index in [2.05, 4.69) is 36.3 Å². The van der Waals surface area contributed by atoms with Crippen LogP contribution in [0.5, 0.6) is 0 Å². The molecule has 0 spiro atoms. The molecule has 4 heteroatoms. The number of hydrogen-bond donors (Lipinski definition) is 1. The van der Waals surface area contributed by atoms with Crippen LogP contribution in [-0.4, -0.2) is 10.9 Å². The van der Waals surface area contributed by atoms with Crippen molar-refractivity contribution in [3.63, 3.8) is 0 Å². The molecule has 1 amide bonds. The number of aryl methyl sites for hydroxylation is 2. The number of rotatable bonds is 2. The highest BCUT2D eigenvalue weighted by molar-refractivity contribution is 7.22. The first-order valence-corrected chi connectivity index (χ1v) is 8.61. The monoisotopic (exact) mass is 332 g/mol. The number of thiazole rings is 1. The molecule has 0 bridgehead atoms. The van der Waals surface area contributed by atoms with Gasteiger partial charge in [0.15, 0.2) is 5.13 Å². The Morgan fingerprint density at radius 3 is 2.67 bits per heavy atom. The summed E-state index contributed by atoms with van der Waals surface area (Å²) in [5.74, 6) is -0.125. The lowest BCUT2D eigenvalue weighted by molar-refractivity contribution is 0.102. The Kier molecular flexibility index (Phi) is 3.54. The third kappa shape index (κ3) is 2.45. The van der Waals surface area contributed by atoms with Gasteiger partial charge in [0.05, 0.1) is 10.2 Å². The van der Waals surface area contributed by atoms with E-state index in [9.17, 15) is 4.79 Å². The maximum absolute atomic E-state index is 12.7. The molecule has 0 fully saturated rings. The van der Waals surface area contributed by atoms with E-state index in [4.69, 9.17) is 0 Å². The first-order valence-electron chi connectivity index (χ1n) is 7.79. The van der Waals surface area contributed by atoms with Crippen LogP contribution in [0.15, 0.2) is 54.6 Å². The fourth-order valence-corrected chi connectivity index (χ4v) is 3.79. The number of benzene rings is 3. The minimum Gasteiger partial charge on any atom is -0.298 e. The van der Waals surface area contributed by atoms with Crippen molar-refractivity contribution >= 4 is 43.4 Å². The van der Waals surface area contributed by atoms with Gasteiger partial charge in [-0.05, 0) is 47.9 Å². The van der Waals surface area contributed by atoms with Crippen molar-refractivity contribution in [3.05, 3.63) is 71.3 Å². The Hall–Kier alpha value is -2.72. The first kappa shape index (κ1) is 14.8. The summed E-state index contributed by atoms with van der Waals surface area (Å²) in [5, 5.41) is 5.60. The standard InChI is InChI=1S/C20H16N2OS/c1-12-10-11-17-18(13(12)2)21-20(24-17)22-19(23)16-9-5-7-14-6-3-4-8-15(14)16/h3-11H,1-2H3,(H,21,22,23). The molecule has 4 rings (SSSR count). The normalized spacial score (nSPS) is 11.1. The smallest absolute Gasteiger partial charge is 0.258 e. The zero-order valence-electron chi connectivity index (χ0n) is 13.5. The molecule has 0 radical (unpaired) electrons. The molecule has 0 unspecified atom stereocenters. The molecule has 118 valence electrons. The molecule has 0 saturated carbocycles. The summed E-state index contributed by atoms with van der Waals surface area (Å²) in [6.07, 6.45) is 0. The SMILES string of the molecule is Cc1ccc2sc(NC(=O)c3cccc4ccccc34)nc2c1C. The number of nitrogens with one attached hydrogen (secondary N) is 1. The van der Waals surface area contributed by atoms with Crippen LogP contribution in [0.3, 0.4) is 0 Å². The lowest BCUT2D eigenvalue weighted by atomic mass is 10.0. The van der Waals surface area contributed by atoms with Crippen LogP contribution in [-0.2, 0) is 0 Å². The van der Waals surface area contributed by atoms with Crippen molar-refractivity contribution in [1.82, 2.24) is 4.98 Å². The van der Waals surface area contributed by atoms with Gasteiger partial charge in [0.1, 0.15) is 0 Å². The number of hydrogen-bond acceptors (Lipinski definition) is 3. The summed E-state index contributed by atoms with van der Waals surface area (Å²) in [5.41, 5.74) is 4.00. The minimum atomic E-state index is -0.125. The summed E-state index contributed by atoms with van der Waals surface area (Å²) in [6.45, 7) is 4.14. The third-order valence-corrected chi connectivity index (χ3v) is 5.28. The van der Waals surface area contributed by atoms with Crippen molar-refractivity contribution < 1.29 is 4.79 Å². The van der Waals surface area contributed by atoms with Gasteiger partial charge >= 0.3 is 0 Å². The molecule has 1 N–H and O–H groups in total. The lowest BCUT2D eigenvalue weighted by Gasteiger charge is -2.05. The number of aromatic nitrogens is 1. The van der Waals surface area contributed by atoms with Gasteiger partial charge in [0.2, 0.25) is 0 Å². The quantitative estimate of drug-likeness (QED) is 0.540. The predicted octanol–water partition coefficient (Wildman–Crippen LogP) is 5.32. The Bertz CT molecular complexity index is 1080. The van der Waals surface area contributed by atoms with Gasteiger partial charge in [-0.3, -0.25) is 10.1 Å². The molecule has 0 atom stereocenters. The second kappa shape index (κ2) is 5.73. The molecule has 0 aliphatic heterocycles. The van der Waals surface area contributed by atoms with E-state index in [0.717, 1.165) is 26.6 Å². The van der Waals surface area contributed by atoms with E-state index < -0.39 is 0 Å². The zero-order valence-corrected chi connectivity index (χ0v) is 14.3. The van der Waals surface area contributed by atoms with Crippen molar-refractivity contribution in [3.8, 4) is 0 Å². The molecule has 3 nitrogen and oxygen atoms in total. The number of nitrogens with zero attached hydrogens (tertiary/aromatic N) is 1. The number of anilines is 1. The maximum Gasteiger partial charge on any atom is 0.258 e. The lowest BCUT2D eigenvalue weighted by Crippen LogP contribution is -2.12. The van der Waals surface area contributed by atoms with E-state index in [1.54, 1.807) is 0 Å². The van der Waals surface area contributed by atoms with Gasteiger partial charge in [-0.15, -0.1) is 0 Å². The predicted molar refractivity (Wildman–Crippen MR) is 101 cm³/mol. The molecule has 4 aromatic rings. The average Bonchev–Trinajstić information content (AvgIpc) is 3.01. The number of carbonyl (C=O) groups is 1. The Morgan fingerprint density at radius 1 is 1.00 bits per heavy atom. The number of carbonyl (C=O) groups excluding carboxylic acids is 1. The summed E-state index contributed by atoms with van der Waals surface area (Å²) >= 11 is 1.51.